The quantitative estimate of drug-likeness (QED) is 0.413. The Morgan fingerprint density at radius 3 is 2.42 bits per heavy atom. The van der Waals surface area contributed by atoms with E-state index in [1.54, 1.807) is 6.07 Å². The van der Waals surface area contributed by atoms with Crippen LogP contribution in [0.15, 0.2) is 17.0 Å². The predicted octanol–water partition coefficient (Wildman–Crippen LogP) is 2.50. The van der Waals surface area contributed by atoms with Gasteiger partial charge in [-0.1, -0.05) is 0 Å². The second-order valence-corrected chi connectivity index (χ2v) is 3.15. The third-order valence-electron chi connectivity index (χ3n) is 1.84. The molecule has 1 rings (SSSR count). The van der Waals surface area contributed by atoms with Gasteiger partial charge in [0.2, 0.25) is 0 Å². The zero-order chi connectivity index (χ0) is 9.30. The van der Waals surface area contributed by atoms with Gasteiger partial charge < -0.3 is 0 Å². The molecule has 0 spiro atoms. The van der Waals surface area contributed by atoms with Crippen LogP contribution in [0.5, 0.6) is 0 Å². The molecule has 0 aliphatic carbocycles. The van der Waals surface area contributed by atoms with Crippen molar-refractivity contribution in [1.29, 1.82) is 0 Å². The van der Waals surface area contributed by atoms with E-state index in [-0.39, 0.29) is 5.69 Å². The number of thiol groups is 1. The maximum Gasteiger partial charge on any atom is 0.270 e. The summed E-state index contributed by atoms with van der Waals surface area (Å²) in [4.78, 5) is 10.6. The highest BCUT2D eigenvalue weighted by atomic mass is 32.1. The van der Waals surface area contributed by atoms with E-state index < -0.39 is 4.92 Å². The van der Waals surface area contributed by atoms with Crippen molar-refractivity contribution in [2.45, 2.75) is 18.7 Å². The van der Waals surface area contributed by atoms with Gasteiger partial charge in [-0.3, -0.25) is 10.1 Å². The van der Waals surface area contributed by atoms with Crippen molar-refractivity contribution in [3.05, 3.63) is 33.4 Å². The summed E-state index contributed by atoms with van der Waals surface area (Å²) < 4.78 is 0. The Morgan fingerprint density at radius 2 is 2.00 bits per heavy atom. The van der Waals surface area contributed by atoms with E-state index in [2.05, 4.69) is 12.6 Å². The Bertz CT molecular complexity index is 313. The average molecular weight is 183 g/mol. The summed E-state index contributed by atoms with van der Waals surface area (Å²) in [7, 11) is 0. The summed E-state index contributed by atoms with van der Waals surface area (Å²) in [6.07, 6.45) is 0. The monoisotopic (exact) mass is 183 g/mol. The highest BCUT2D eigenvalue weighted by Crippen LogP contribution is 2.23. The molecule has 4 heteroatoms. The lowest BCUT2D eigenvalue weighted by atomic mass is 10.1. The van der Waals surface area contributed by atoms with Crippen LogP contribution in [-0.2, 0) is 0 Å². The third kappa shape index (κ3) is 1.58. The molecule has 0 aliphatic rings. The molecule has 1 aromatic rings. The summed E-state index contributed by atoms with van der Waals surface area (Å²) in [6.45, 7) is 3.73. The Morgan fingerprint density at radius 1 is 1.42 bits per heavy atom. The topological polar surface area (TPSA) is 43.1 Å². The van der Waals surface area contributed by atoms with E-state index in [0.29, 0.717) is 4.90 Å². The maximum atomic E-state index is 10.4. The molecular formula is C8H9NO2S. The van der Waals surface area contributed by atoms with Crippen LogP contribution < -0.4 is 0 Å². The Kier molecular flexibility index (Phi) is 2.38. The molecule has 0 aliphatic heterocycles. The van der Waals surface area contributed by atoms with E-state index in [4.69, 9.17) is 0 Å². The van der Waals surface area contributed by atoms with Crippen molar-refractivity contribution in [3.8, 4) is 0 Å². The summed E-state index contributed by atoms with van der Waals surface area (Å²) in [5, 5.41) is 10.4. The van der Waals surface area contributed by atoms with Crippen LogP contribution >= 0.6 is 12.6 Å². The van der Waals surface area contributed by atoms with Gasteiger partial charge in [0, 0.05) is 17.0 Å². The molecule has 0 unspecified atom stereocenters. The van der Waals surface area contributed by atoms with Gasteiger partial charge in [-0.2, -0.15) is 0 Å². The number of benzene rings is 1. The van der Waals surface area contributed by atoms with Crippen LogP contribution in [0.3, 0.4) is 0 Å². The number of aryl methyl sites for hydroxylation is 1. The fraction of sp³-hybridized carbons (Fsp3) is 0.250. The van der Waals surface area contributed by atoms with Crippen molar-refractivity contribution in [2.24, 2.45) is 0 Å². The van der Waals surface area contributed by atoms with Gasteiger partial charge in [0.05, 0.1) is 4.92 Å². The minimum Gasteiger partial charge on any atom is -0.258 e. The van der Waals surface area contributed by atoms with Crippen LogP contribution in [0.1, 0.15) is 11.1 Å². The minimum absolute atomic E-state index is 0.100. The molecule has 0 saturated heterocycles. The first-order chi connectivity index (χ1) is 5.52. The van der Waals surface area contributed by atoms with E-state index in [0.717, 1.165) is 11.1 Å². The van der Waals surface area contributed by atoms with Gasteiger partial charge in [0.15, 0.2) is 0 Å². The molecule has 0 bridgehead atoms. The lowest BCUT2D eigenvalue weighted by molar-refractivity contribution is -0.385. The van der Waals surface area contributed by atoms with Gasteiger partial charge >= 0.3 is 0 Å². The van der Waals surface area contributed by atoms with Crippen molar-refractivity contribution in [3.63, 3.8) is 0 Å². The number of nitro groups is 1. The normalized spacial score (nSPS) is 9.92. The lowest BCUT2D eigenvalue weighted by Gasteiger charge is -2.02. The molecule has 3 nitrogen and oxygen atoms in total. The molecule has 1 aromatic carbocycles. The number of non-ortho nitro benzene ring substituents is 1. The number of nitro benzene ring substituents is 1. The van der Waals surface area contributed by atoms with Crippen LogP contribution in [0.2, 0.25) is 0 Å². The first-order valence-corrected chi connectivity index (χ1v) is 3.91. The number of hydrogen-bond donors (Lipinski definition) is 1. The van der Waals surface area contributed by atoms with Crippen molar-refractivity contribution >= 4 is 18.3 Å². The standard InChI is InChI=1S/C8H9NO2S/c1-5-3-7(9(10)11)4-8(12)6(5)2/h3-4,12H,1-2H3. The molecule has 0 heterocycles. The molecule has 0 amide bonds. The van der Waals surface area contributed by atoms with Crippen LogP contribution in [-0.4, -0.2) is 4.92 Å². The Balaban J connectivity index is 3.31. The van der Waals surface area contributed by atoms with Gasteiger partial charge in [-0.05, 0) is 25.0 Å². The fourth-order valence-corrected chi connectivity index (χ4v) is 1.24. The maximum absolute atomic E-state index is 10.4. The van der Waals surface area contributed by atoms with E-state index in [1.807, 2.05) is 13.8 Å². The summed E-state index contributed by atoms with van der Waals surface area (Å²) in [5.41, 5.74) is 1.99. The third-order valence-corrected chi connectivity index (χ3v) is 2.30. The zero-order valence-electron chi connectivity index (χ0n) is 6.87. The van der Waals surface area contributed by atoms with Crippen LogP contribution in [0, 0.1) is 24.0 Å². The van der Waals surface area contributed by atoms with Gasteiger partial charge in [-0.25, -0.2) is 0 Å². The van der Waals surface area contributed by atoms with Crippen LogP contribution in [0.4, 0.5) is 5.69 Å². The second-order valence-electron chi connectivity index (χ2n) is 2.66. The fourth-order valence-electron chi connectivity index (χ4n) is 0.927. The molecule has 64 valence electrons. The molecule has 12 heavy (non-hydrogen) atoms. The van der Waals surface area contributed by atoms with E-state index >= 15 is 0 Å². The number of rotatable bonds is 1. The summed E-state index contributed by atoms with van der Waals surface area (Å²) in [6, 6.07) is 3.01. The lowest BCUT2D eigenvalue weighted by Crippen LogP contribution is -1.91. The van der Waals surface area contributed by atoms with Crippen LogP contribution in [0.25, 0.3) is 0 Å². The number of nitrogens with zero attached hydrogens (tertiary/aromatic N) is 1. The molecule has 0 atom stereocenters. The van der Waals surface area contributed by atoms with Gasteiger partial charge in [0.25, 0.3) is 5.69 Å². The molecule has 0 fully saturated rings. The molecule has 0 radical (unpaired) electrons. The van der Waals surface area contributed by atoms with Crippen molar-refractivity contribution in [2.75, 3.05) is 0 Å². The summed E-state index contributed by atoms with van der Waals surface area (Å²) >= 11 is 4.13. The molecule has 0 saturated carbocycles. The highest BCUT2D eigenvalue weighted by molar-refractivity contribution is 7.80. The first kappa shape index (κ1) is 9.06. The Hall–Kier alpha value is -1.03. The largest absolute Gasteiger partial charge is 0.270 e. The molecule has 0 aromatic heterocycles. The molecular weight excluding hydrogens is 174 g/mol. The summed E-state index contributed by atoms with van der Waals surface area (Å²) in [5.74, 6) is 0. The highest BCUT2D eigenvalue weighted by Gasteiger charge is 2.08. The smallest absolute Gasteiger partial charge is 0.258 e. The van der Waals surface area contributed by atoms with Gasteiger partial charge in [-0.15, -0.1) is 12.6 Å². The zero-order valence-corrected chi connectivity index (χ0v) is 7.76. The van der Waals surface area contributed by atoms with E-state index in [1.165, 1.54) is 6.07 Å². The number of hydrogen-bond acceptors (Lipinski definition) is 3. The Labute approximate surface area is 76.0 Å². The second kappa shape index (κ2) is 3.15. The molecule has 0 N–H and O–H groups in total. The first-order valence-electron chi connectivity index (χ1n) is 3.47. The van der Waals surface area contributed by atoms with Crippen molar-refractivity contribution in [1.82, 2.24) is 0 Å². The predicted molar refractivity (Wildman–Crippen MR) is 49.8 cm³/mol. The SMILES string of the molecule is Cc1cc([N+](=O)[O-])cc(S)c1C. The minimum atomic E-state index is -0.411. The van der Waals surface area contributed by atoms with Gasteiger partial charge in [0.1, 0.15) is 0 Å². The van der Waals surface area contributed by atoms with Crippen molar-refractivity contribution < 1.29 is 4.92 Å². The van der Waals surface area contributed by atoms with E-state index in [9.17, 15) is 10.1 Å². The average Bonchev–Trinajstić information content (AvgIpc) is 1.99.